The minimum atomic E-state index is -0.671. The summed E-state index contributed by atoms with van der Waals surface area (Å²) in [5.41, 5.74) is 4.38. The monoisotopic (exact) mass is 537 g/mol. The van der Waals surface area contributed by atoms with Gasteiger partial charge in [0.05, 0.1) is 11.1 Å². The molecule has 0 saturated carbocycles. The molecule has 8 heteroatoms. The zero-order valence-electron chi connectivity index (χ0n) is 22.1. The second-order valence-corrected chi connectivity index (χ2v) is 9.61. The van der Waals surface area contributed by atoms with Gasteiger partial charge in [0.1, 0.15) is 11.3 Å². The van der Waals surface area contributed by atoms with Crippen LogP contribution in [0.5, 0.6) is 11.5 Å². The van der Waals surface area contributed by atoms with Gasteiger partial charge in [-0.1, -0.05) is 24.8 Å². The second kappa shape index (κ2) is 10.6. The lowest BCUT2D eigenvalue weighted by molar-refractivity contribution is 0.0991. The highest BCUT2D eigenvalue weighted by molar-refractivity contribution is 5.99. The van der Waals surface area contributed by atoms with E-state index in [1.807, 2.05) is 13.0 Å². The molecule has 6 nitrogen and oxygen atoms in total. The number of ether oxygens (including phenoxy) is 1. The Balaban J connectivity index is 1.41. The number of nitrogens with zero attached hydrogens (tertiary/aromatic N) is 2. The van der Waals surface area contributed by atoms with Crippen LogP contribution in [0.25, 0.3) is 27.7 Å². The summed E-state index contributed by atoms with van der Waals surface area (Å²) in [6.07, 6.45) is 3.01. The molecule has 0 spiro atoms. The molecule has 3 aromatic heterocycles. The number of fused-ring (bicyclic) bond motifs is 1. The number of aromatic amines is 1. The van der Waals surface area contributed by atoms with Crippen molar-refractivity contribution < 1.29 is 18.3 Å². The molecule has 0 aliphatic heterocycles. The number of aryl methyl sites for hydroxylation is 2. The standard InChI is InChI=1S/C32H25F2N3O3/c1-17(2)22-15-25-31(36-16-22)28(11-12-35-25)40-27-10-5-20(13-24(27)34)14-26(38)30-19(4)37-18(3)29(32(30)39)21-6-8-23(33)9-7-21/h5-13,15-16H,1,14H2,2-4H3,(H,37,39). The fraction of sp³-hybridized carbons (Fsp3) is 0.125. The molecule has 0 atom stereocenters. The van der Waals surface area contributed by atoms with Gasteiger partial charge in [-0.2, -0.15) is 0 Å². The van der Waals surface area contributed by atoms with Crippen molar-refractivity contribution in [3.05, 3.63) is 124 Å². The van der Waals surface area contributed by atoms with Gasteiger partial charge >= 0.3 is 0 Å². The van der Waals surface area contributed by atoms with Gasteiger partial charge in [0.15, 0.2) is 23.1 Å². The summed E-state index contributed by atoms with van der Waals surface area (Å²) in [6.45, 7) is 9.14. The fourth-order valence-corrected chi connectivity index (χ4v) is 4.62. The molecule has 2 aromatic carbocycles. The third-order valence-corrected chi connectivity index (χ3v) is 6.61. The summed E-state index contributed by atoms with van der Waals surface area (Å²) in [6, 6.07) is 13.1. The minimum absolute atomic E-state index is 0.0193. The number of carbonyl (C=O) groups is 1. The summed E-state index contributed by atoms with van der Waals surface area (Å²) in [7, 11) is 0. The summed E-state index contributed by atoms with van der Waals surface area (Å²) in [4.78, 5) is 38.4. The molecule has 0 radical (unpaired) electrons. The van der Waals surface area contributed by atoms with E-state index in [4.69, 9.17) is 4.74 Å². The van der Waals surface area contributed by atoms with Crippen LogP contribution in [-0.2, 0) is 6.42 Å². The van der Waals surface area contributed by atoms with Crippen molar-refractivity contribution in [1.82, 2.24) is 15.0 Å². The average molecular weight is 538 g/mol. The maximum atomic E-state index is 15.1. The summed E-state index contributed by atoms with van der Waals surface area (Å²) < 4.78 is 34.4. The fourth-order valence-electron chi connectivity index (χ4n) is 4.62. The molecule has 0 aliphatic carbocycles. The molecule has 0 fully saturated rings. The van der Waals surface area contributed by atoms with Crippen molar-refractivity contribution in [1.29, 1.82) is 0 Å². The maximum absolute atomic E-state index is 15.1. The lowest BCUT2D eigenvalue weighted by atomic mass is 9.95. The van der Waals surface area contributed by atoms with Gasteiger partial charge in [-0.3, -0.25) is 19.6 Å². The van der Waals surface area contributed by atoms with Crippen LogP contribution in [0.1, 0.15) is 39.8 Å². The minimum Gasteiger partial charge on any atom is -0.452 e. The Kier molecular flexibility index (Phi) is 7.09. The second-order valence-electron chi connectivity index (χ2n) is 9.61. The number of Topliss-reactive ketones (excluding diaryl/α,β-unsaturated/α-hetero) is 1. The van der Waals surface area contributed by atoms with Crippen molar-refractivity contribution in [3.63, 3.8) is 0 Å². The van der Waals surface area contributed by atoms with Crippen LogP contribution in [-0.4, -0.2) is 20.7 Å². The largest absolute Gasteiger partial charge is 0.452 e. The molecule has 1 N–H and O–H groups in total. The van der Waals surface area contributed by atoms with E-state index >= 15 is 4.39 Å². The van der Waals surface area contributed by atoms with E-state index in [1.54, 1.807) is 38.4 Å². The zero-order chi connectivity index (χ0) is 28.6. The number of nitrogens with one attached hydrogen (secondary N) is 1. The van der Waals surface area contributed by atoms with Crippen molar-refractivity contribution in [2.75, 3.05) is 0 Å². The lowest BCUT2D eigenvalue weighted by Gasteiger charge is -2.13. The normalized spacial score (nSPS) is 11.0. The molecule has 40 heavy (non-hydrogen) atoms. The first kappa shape index (κ1) is 26.6. The molecule has 0 bridgehead atoms. The topological polar surface area (TPSA) is 84.9 Å². The Hall–Kier alpha value is -4.98. The van der Waals surface area contributed by atoms with Crippen molar-refractivity contribution in [3.8, 4) is 22.6 Å². The number of H-pyrrole nitrogens is 1. The molecule has 0 aliphatic rings. The number of carbonyl (C=O) groups excluding carboxylic acids is 1. The number of benzene rings is 2. The number of hydrogen-bond donors (Lipinski definition) is 1. The van der Waals surface area contributed by atoms with Gasteiger partial charge in [-0.15, -0.1) is 0 Å². The van der Waals surface area contributed by atoms with Crippen molar-refractivity contribution >= 4 is 22.4 Å². The third kappa shape index (κ3) is 5.16. The Labute approximate surface area is 229 Å². The van der Waals surface area contributed by atoms with Gasteiger partial charge in [-0.25, -0.2) is 8.78 Å². The quantitative estimate of drug-likeness (QED) is 0.223. The third-order valence-electron chi connectivity index (χ3n) is 6.61. The molecule has 0 saturated heterocycles. The van der Waals surface area contributed by atoms with Crippen LogP contribution in [0.2, 0.25) is 0 Å². The van der Waals surface area contributed by atoms with Crippen LogP contribution in [0, 0.1) is 25.5 Å². The molecule has 200 valence electrons. The van der Waals surface area contributed by atoms with E-state index in [2.05, 4.69) is 21.5 Å². The first-order valence-corrected chi connectivity index (χ1v) is 12.5. The van der Waals surface area contributed by atoms with E-state index in [0.29, 0.717) is 39.3 Å². The first-order chi connectivity index (χ1) is 19.1. The Morgan fingerprint density at radius 3 is 2.42 bits per heavy atom. The molecular weight excluding hydrogens is 512 g/mol. The number of halogens is 2. The van der Waals surface area contributed by atoms with E-state index in [9.17, 15) is 14.0 Å². The Morgan fingerprint density at radius 2 is 1.73 bits per heavy atom. The van der Waals surface area contributed by atoms with E-state index < -0.39 is 22.8 Å². The molecule has 0 unspecified atom stereocenters. The van der Waals surface area contributed by atoms with Gasteiger partial charge in [0.2, 0.25) is 5.43 Å². The number of pyridine rings is 3. The molecule has 3 heterocycles. The van der Waals surface area contributed by atoms with Crippen molar-refractivity contribution in [2.24, 2.45) is 0 Å². The van der Waals surface area contributed by atoms with Crippen LogP contribution < -0.4 is 10.2 Å². The number of ketones is 1. The molecule has 5 aromatic rings. The first-order valence-electron chi connectivity index (χ1n) is 12.5. The summed E-state index contributed by atoms with van der Waals surface area (Å²) in [5.74, 6) is -1.28. The number of allylic oxidation sites excluding steroid dienone is 1. The highest BCUT2D eigenvalue weighted by Gasteiger charge is 2.21. The van der Waals surface area contributed by atoms with E-state index in [1.165, 1.54) is 36.4 Å². The predicted molar refractivity (Wildman–Crippen MR) is 151 cm³/mol. The van der Waals surface area contributed by atoms with E-state index in [-0.39, 0.29) is 23.3 Å². The highest BCUT2D eigenvalue weighted by atomic mass is 19.1. The lowest BCUT2D eigenvalue weighted by Crippen LogP contribution is -2.22. The Morgan fingerprint density at radius 1 is 0.975 bits per heavy atom. The number of hydrogen-bond acceptors (Lipinski definition) is 5. The highest BCUT2D eigenvalue weighted by Crippen LogP contribution is 2.31. The van der Waals surface area contributed by atoms with Crippen LogP contribution >= 0.6 is 0 Å². The summed E-state index contributed by atoms with van der Waals surface area (Å²) >= 11 is 0. The molecule has 5 rings (SSSR count). The molecule has 0 amide bonds. The summed E-state index contributed by atoms with van der Waals surface area (Å²) in [5, 5.41) is 0. The smallest absolute Gasteiger partial charge is 0.200 e. The van der Waals surface area contributed by atoms with E-state index in [0.717, 1.165) is 11.1 Å². The SMILES string of the molecule is C=C(C)c1cnc2c(Oc3ccc(CC(=O)c4c(C)[nH]c(C)c(-c5ccc(F)cc5)c4=O)cc3F)ccnc2c1. The van der Waals surface area contributed by atoms with Gasteiger partial charge in [0.25, 0.3) is 0 Å². The van der Waals surface area contributed by atoms with Crippen LogP contribution in [0.4, 0.5) is 8.78 Å². The zero-order valence-corrected chi connectivity index (χ0v) is 22.1. The average Bonchev–Trinajstić information content (AvgIpc) is 2.90. The molecular formula is C32H25F2N3O3. The van der Waals surface area contributed by atoms with Gasteiger partial charge in [-0.05, 0) is 73.4 Å². The maximum Gasteiger partial charge on any atom is 0.200 e. The van der Waals surface area contributed by atoms with Crippen LogP contribution in [0.15, 0.2) is 78.4 Å². The number of aromatic nitrogens is 3. The number of rotatable bonds is 7. The predicted octanol–water partition coefficient (Wildman–Crippen LogP) is 7.13. The van der Waals surface area contributed by atoms with Crippen molar-refractivity contribution in [2.45, 2.75) is 27.2 Å². The Bertz CT molecular complexity index is 1860. The van der Waals surface area contributed by atoms with Crippen LogP contribution in [0.3, 0.4) is 0 Å². The van der Waals surface area contributed by atoms with Gasteiger partial charge < -0.3 is 9.72 Å². The van der Waals surface area contributed by atoms with Gasteiger partial charge in [0, 0.05) is 41.8 Å².